The summed E-state index contributed by atoms with van der Waals surface area (Å²) in [5.74, 6) is 0.805. The summed E-state index contributed by atoms with van der Waals surface area (Å²) in [6, 6.07) is 0. The number of hydrogen-bond acceptors (Lipinski definition) is 4. The van der Waals surface area contributed by atoms with Crippen molar-refractivity contribution in [2.75, 3.05) is 25.0 Å². The quantitative estimate of drug-likeness (QED) is 0.889. The molecule has 0 aliphatic carbocycles. The van der Waals surface area contributed by atoms with Crippen LogP contribution >= 0.6 is 27.3 Å². The van der Waals surface area contributed by atoms with Crippen molar-refractivity contribution in [2.24, 2.45) is 5.92 Å². The molecule has 2 rings (SSSR count). The van der Waals surface area contributed by atoms with E-state index < -0.39 is 0 Å². The zero-order valence-corrected chi connectivity index (χ0v) is 10.3. The first kappa shape index (κ1) is 10.4. The van der Waals surface area contributed by atoms with Gasteiger partial charge in [0.15, 0.2) is 5.13 Å². The van der Waals surface area contributed by atoms with E-state index in [0.717, 1.165) is 35.3 Å². The summed E-state index contributed by atoms with van der Waals surface area (Å²) in [4.78, 5) is 4.30. The van der Waals surface area contributed by atoms with E-state index in [1.54, 1.807) is 11.3 Å². The van der Waals surface area contributed by atoms with Crippen molar-refractivity contribution in [3.8, 4) is 0 Å². The van der Waals surface area contributed by atoms with E-state index in [-0.39, 0.29) is 0 Å². The second-order valence-electron chi connectivity index (χ2n) is 3.55. The van der Waals surface area contributed by atoms with Crippen LogP contribution in [0.1, 0.15) is 12.8 Å². The Morgan fingerprint density at radius 2 is 2.36 bits per heavy atom. The molecular weight excluding hydrogens is 262 g/mol. The Labute approximate surface area is 96.4 Å². The Balaban J connectivity index is 1.76. The average molecular weight is 276 g/mol. The van der Waals surface area contributed by atoms with E-state index in [4.69, 9.17) is 0 Å². The molecule has 0 atom stereocenters. The minimum absolute atomic E-state index is 0.805. The lowest BCUT2D eigenvalue weighted by Crippen LogP contribution is -2.31. The molecule has 0 spiro atoms. The number of thiazole rings is 1. The Morgan fingerprint density at radius 1 is 1.57 bits per heavy atom. The highest BCUT2D eigenvalue weighted by atomic mass is 79.9. The summed E-state index contributed by atoms with van der Waals surface area (Å²) in [7, 11) is 0. The molecule has 2 N–H and O–H groups in total. The fourth-order valence-electron chi connectivity index (χ4n) is 1.65. The Morgan fingerprint density at radius 3 is 3.00 bits per heavy atom. The minimum Gasteiger partial charge on any atom is -0.361 e. The standard InChI is InChI=1S/C9H14BrN3S/c10-8-6-14-9(13-8)12-5-7-1-3-11-4-2-7/h6-7,11H,1-5H2,(H,12,13). The highest BCUT2D eigenvalue weighted by Gasteiger charge is 2.12. The van der Waals surface area contributed by atoms with Crippen LogP contribution in [0.25, 0.3) is 0 Å². The van der Waals surface area contributed by atoms with Crippen LogP contribution in [-0.4, -0.2) is 24.6 Å². The fourth-order valence-corrected chi connectivity index (χ4v) is 2.81. The van der Waals surface area contributed by atoms with Gasteiger partial charge >= 0.3 is 0 Å². The molecule has 1 aliphatic rings. The summed E-state index contributed by atoms with van der Waals surface area (Å²) >= 11 is 5.00. The van der Waals surface area contributed by atoms with Gasteiger partial charge in [-0.05, 0) is 47.8 Å². The molecule has 0 radical (unpaired) electrons. The van der Waals surface area contributed by atoms with E-state index >= 15 is 0 Å². The molecule has 1 aromatic heterocycles. The van der Waals surface area contributed by atoms with E-state index in [0.29, 0.717) is 0 Å². The average Bonchev–Trinajstić information content (AvgIpc) is 2.63. The topological polar surface area (TPSA) is 37.0 Å². The second-order valence-corrected chi connectivity index (χ2v) is 5.22. The molecule has 14 heavy (non-hydrogen) atoms. The normalized spacial score (nSPS) is 18.4. The zero-order valence-electron chi connectivity index (χ0n) is 7.92. The van der Waals surface area contributed by atoms with Gasteiger partial charge < -0.3 is 10.6 Å². The first-order valence-electron chi connectivity index (χ1n) is 4.90. The molecule has 1 saturated heterocycles. The fraction of sp³-hybridized carbons (Fsp3) is 0.667. The van der Waals surface area contributed by atoms with Gasteiger partial charge in [0.25, 0.3) is 0 Å². The number of aromatic nitrogens is 1. The van der Waals surface area contributed by atoms with Crippen molar-refractivity contribution in [2.45, 2.75) is 12.8 Å². The van der Waals surface area contributed by atoms with Gasteiger partial charge in [-0.3, -0.25) is 0 Å². The van der Waals surface area contributed by atoms with Gasteiger partial charge in [-0.25, -0.2) is 4.98 Å². The molecule has 5 heteroatoms. The minimum atomic E-state index is 0.805. The largest absolute Gasteiger partial charge is 0.361 e. The van der Waals surface area contributed by atoms with Gasteiger partial charge in [0.1, 0.15) is 4.60 Å². The second kappa shape index (κ2) is 5.09. The molecule has 0 bridgehead atoms. The smallest absolute Gasteiger partial charge is 0.183 e. The lowest BCUT2D eigenvalue weighted by molar-refractivity contribution is 0.390. The van der Waals surface area contributed by atoms with Gasteiger partial charge in [-0.2, -0.15) is 0 Å². The SMILES string of the molecule is Brc1csc(NCC2CCNCC2)n1. The lowest BCUT2D eigenvalue weighted by Gasteiger charge is -2.22. The van der Waals surface area contributed by atoms with Gasteiger partial charge in [0.05, 0.1) is 0 Å². The van der Waals surface area contributed by atoms with Crippen LogP contribution in [0.3, 0.4) is 0 Å². The van der Waals surface area contributed by atoms with Crippen LogP contribution in [0.15, 0.2) is 9.98 Å². The van der Waals surface area contributed by atoms with Crippen LogP contribution in [0, 0.1) is 5.92 Å². The van der Waals surface area contributed by atoms with Gasteiger partial charge in [0.2, 0.25) is 0 Å². The summed E-state index contributed by atoms with van der Waals surface area (Å²) in [5.41, 5.74) is 0. The molecular formula is C9H14BrN3S. The summed E-state index contributed by atoms with van der Waals surface area (Å²) < 4.78 is 0.926. The van der Waals surface area contributed by atoms with Crippen LogP contribution in [0.5, 0.6) is 0 Å². The molecule has 1 aromatic rings. The maximum Gasteiger partial charge on any atom is 0.183 e. The molecule has 0 saturated carbocycles. The van der Waals surface area contributed by atoms with Crippen molar-refractivity contribution in [3.05, 3.63) is 9.98 Å². The van der Waals surface area contributed by atoms with Gasteiger partial charge in [0, 0.05) is 11.9 Å². The molecule has 3 nitrogen and oxygen atoms in total. The first-order chi connectivity index (χ1) is 6.84. The van der Waals surface area contributed by atoms with Crippen LogP contribution in [-0.2, 0) is 0 Å². The first-order valence-corrected chi connectivity index (χ1v) is 6.57. The highest BCUT2D eigenvalue weighted by molar-refractivity contribution is 9.10. The highest BCUT2D eigenvalue weighted by Crippen LogP contribution is 2.20. The van der Waals surface area contributed by atoms with Crippen LogP contribution in [0.2, 0.25) is 0 Å². The third-order valence-electron chi connectivity index (χ3n) is 2.48. The van der Waals surface area contributed by atoms with Crippen molar-refractivity contribution in [1.82, 2.24) is 10.3 Å². The summed E-state index contributed by atoms with van der Waals surface area (Å²) in [5, 5.41) is 9.78. The van der Waals surface area contributed by atoms with Crippen molar-refractivity contribution >= 4 is 32.4 Å². The van der Waals surface area contributed by atoms with Crippen molar-refractivity contribution in [3.63, 3.8) is 0 Å². The maximum atomic E-state index is 4.30. The molecule has 0 amide bonds. The summed E-state index contributed by atoms with van der Waals surface area (Å²) in [6.45, 7) is 3.38. The van der Waals surface area contributed by atoms with Crippen LogP contribution < -0.4 is 10.6 Å². The number of anilines is 1. The molecule has 0 unspecified atom stereocenters. The number of piperidine rings is 1. The number of hydrogen-bond donors (Lipinski definition) is 2. The van der Waals surface area contributed by atoms with E-state index in [1.807, 2.05) is 5.38 Å². The van der Waals surface area contributed by atoms with Crippen molar-refractivity contribution in [1.29, 1.82) is 0 Å². The molecule has 2 heterocycles. The number of rotatable bonds is 3. The molecule has 0 aromatic carbocycles. The molecule has 1 fully saturated rings. The Kier molecular flexibility index (Phi) is 3.78. The van der Waals surface area contributed by atoms with E-state index in [1.165, 1.54) is 12.8 Å². The molecule has 1 aliphatic heterocycles. The lowest BCUT2D eigenvalue weighted by atomic mass is 9.98. The number of halogens is 1. The maximum absolute atomic E-state index is 4.30. The number of nitrogens with zero attached hydrogens (tertiary/aromatic N) is 1. The third-order valence-corrected chi connectivity index (χ3v) is 3.99. The Bertz CT molecular complexity index is 283. The zero-order chi connectivity index (χ0) is 9.80. The van der Waals surface area contributed by atoms with E-state index in [9.17, 15) is 0 Å². The number of nitrogens with one attached hydrogen (secondary N) is 2. The molecule has 78 valence electrons. The summed E-state index contributed by atoms with van der Waals surface area (Å²) in [6.07, 6.45) is 2.55. The predicted molar refractivity (Wildman–Crippen MR) is 63.9 cm³/mol. The van der Waals surface area contributed by atoms with Gasteiger partial charge in [-0.15, -0.1) is 11.3 Å². The van der Waals surface area contributed by atoms with Crippen LogP contribution in [0.4, 0.5) is 5.13 Å². The Hall–Kier alpha value is -0.130. The monoisotopic (exact) mass is 275 g/mol. The van der Waals surface area contributed by atoms with E-state index in [2.05, 4.69) is 31.5 Å². The predicted octanol–water partition coefficient (Wildman–Crippen LogP) is 2.32. The third kappa shape index (κ3) is 2.93. The van der Waals surface area contributed by atoms with Gasteiger partial charge in [-0.1, -0.05) is 0 Å². The van der Waals surface area contributed by atoms with Crippen molar-refractivity contribution < 1.29 is 0 Å².